The van der Waals surface area contributed by atoms with E-state index in [4.69, 9.17) is 0 Å². The monoisotopic (exact) mass is 391 g/mol. The second kappa shape index (κ2) is 5.26. The second-order valence-electron chi connectivity index (χ2n) is 5.23. The zero-order chi connectivity index (χ0) is 15.1. The number of hydrogen-bond acceptors (Lipinski definition) is 2. The van der Waals surface area contributed by atoms with Gasteiger partial charge in [0, 0.05) is 3.57 Å². The molecule has 0 fully saturated rings. The molecule has 3 rings (SSSR count). The van der Waals surface area contributed by atoms with Gasteiger partial charge in [-0.2, -0.15) is 0 Å². The lowest BCUT2D eigenvalue weighted by molar-refractivity contribution is 0.0641. The number of halogens is 1. The second-order valence-corrected chi connectivity index (χ2v) is 6.39. The maximum atomic E-state index is 12.6. The number of benzene rings is 2. The van der Waals surface area contributed by atoms with Gasteiger partial charge in [-0.25, -0.2) is 0 Å². The highest BCUT2D eigenvalue weighted by molar-refractivity contribution is 14.1. The third kappa shape index (κ3) is 2.27. The minimum absolute atomic E-state index is 0.192. The third-order valence-corrected chi connectivity index (χ3v) is 4.81. The first-order valence-electron chi connectivity index (χ1n) is 6.70. The summed E-state index contributed by atoms with van der Waals surface area (Å²) in [7, 11) is 0. The highest BCUT2D eigenvalue weighted by atomic mass is 127. The van der Waals surface area contributed by atoms with Crippen LogP contribution in [0.2, 0.25) is 0 Å². The molecule has 0 N–H and O–H groups in total. The SMILES string of the molecule is Cc1cccc(C)c1CN1C(=O)c2cccc(I)c2C1=O. The van der Waals surface area contributed by atoms with Gasteiger partial charge in [-0.1, -0.05) is 24.3 Å². The topological polar surface area (TPSA) is 37.4 Å². The summed E-state index contributed by atoms with van der Waals surface area (Å²) in [5.74, 6) is -0.390. The summed E-state index contributed by atoms with van der Waals surface area (Å²) in [6, 6.07) is 11.4. The van der Waals surface area contributed by atoms with Crippen LogP contribution in [0.25, 0.3) is 0 Å². The highest BCUT2D eigenvalue weighted by Gasteiger charge is 2.37. The van der Waals surface area contributed by atoms with E-state index < -0.39 is 0 Å². The van der Waals surface area contributed by atoms with E-state index in [0.717, 1.165) is 20.3 Å². The van der Waals surface area contributed by atoms with Gasteiger partial charge in [0.2, 0.25) is 0 Å². The molecule has 21 heavy (non-hydrogen) atoms. The molecule has 106 valence electrons. The molecule has 0 aliphatic carbocycles. The average molecular weight is 391 g/mol. The number of carbonyl (C=O) groups is 2. The van der Waals surface area contributed by atoms with E-state index >= 15 is 0 Å². The normalized spacial score (nSPS) is 13.8. The van der Waals surface area contributed by atoms with Crippen LogP contribution in [0.1, 0.15) is 37.4 Å². The molecule has 2 amide bonds. The first-order chi connectivity index (χ1) is 10.0. The van der Waals surface area contributed by atoms with Gasteiger partial charge >= 0.3 is 0 Å². The van der Waals surface area contributed by atoms with Gasteiger partial charge in [0.05, 0.1) is 17.7 Å². The summed E-state index contributed by atoms with van der Waals surface area (Å²) in [6.45, 7) is 4.34. The van der Waals surface area contributed by atoms with Crippen molar-refractivity contribution in [3.05, 3.63) is 67.8 Å². The van der Waals surface area contributed by atoms with Crippen molar-refractivity contribution in [2.24, 2.45) is 0 Å². The summed E-state index contributed by atoms with van der Waals surface area (Å²) in [5, 5.41) is 0. The molecule has 0 saturated carbocycles. The number of hydrogen-bond donors (Lipinski definition) is 0. The summed E-state index contributed by atoms with van der Waals surface area (Å²) in [4.78, 5) is 26.4. The molecule has 0 atom stereocenters. The van der Waals surface area contributed by atoms with E-state index in [1.54, 1.807) is 6.07 Å². The van der Waals surface area contributed by atoms with Gasteiger partial charge < -0.3 is 0 Å². The van der Waals surface area contributed by atoms with Crippen molar-refractivity contribution in [1.29, 1.82) is 0 Å². The van der Waals surface area contributed by atoms with Gasteiger partial charge in [-0.15, -0.1) is 0 Å². The van der Waals surface area contributed by atoms with Crippen LogP contribution in [0.5, 0.6) is 0 Å². The molecule has 0 unspecified atom stereocenters. The maximum absolute atomic E-state index is 12.6. The summed E-state index contributed by atoms with van der Waals surface area (Å²) < 4.78 is 0.826. The van der Waals surface area contributed by atoms with Crippen LogP contribution in [-0.4, -0.2) is 16.7 Å². The first-order valence-corrected chi connectivity index (χ1v) is 7.78. The molecule has 0 radical (unpaired) electrons. The van der Waals surface area contributed by atoms with Crippen molar-refractivity contribution in [1.82, 2.24) is 4.90 Å². The van der Waals surface area contributed by atoms with E-state index in [2.05, 4.69) is 22.6 Å². The Labute approximate surface area is 137 Å². The largest absolute Gasteiger partial charge is 0.270 e. The van der Waals surface area contributed by atoms with E-state index in [1.165, 1.54) is 4.90 Å². The van der Waals surface area contributed by atoms with Crippen LogP contribution >= 0.6 is 22.6 Å². The number of rotatable bonds is 2. The molecule has 0 aromatic heterocycles. The standard InChI is InChI=1S/C17H14INO2/c1-10-5-3-6-11(2)13(10)9-19-16(20)12-7-4-8-14(18)15(12)17(19)21/h3-8H,9H2,1-2H3. The van der Waals surface area contributed by atoms with Crippen molar-refractivity contribution in [3.63, 3.8) is 0 Å². The van der Waals surface area contributed by atoms with Gasteiger partial charge in [0.1, 0.15) is 0 Å². The number of imide groups is 1. The molecule has 1 aliphatic rings. The lowest BCUT2D eigenvalue weighted by atomic mass is 10.0. The van der Waals surface area contributed by atoms with Gasteiger partial charge in [-0.3, -0.25) is 14.5 Å². The van der Waals surface area contributed by atoms with Gasteiger partial charge in [-0.05, 0) is 65.3 Å². The van der Waals surface area contributed by atoms with E-state index in [1.807, 2.05) is 44.2 Å². The molecule has 0 bridgehead atoms. The molecule has 1 aliphatic heterocycles. The summed E-state index contributed by atoms with van der Waals surface area (Å²) in [6.07, 6.45) is 0. The van der Waals surface area contributed by atoms with Crippen LogP contribution in [-0.2, 0) is 6.54 Å². The maximum Gasteiger partial charge on any atom is 0.262 e. The molecule has 0 spiro atoms. The summed E-state index contributed by atoms with van der Waals surface area (Å²) >= 11 is 2.11. The Morgan fingerprint density at radius 1 is 0.952 bits per heavy atom. The smallest absolute Gasteiger partial charge is 0.262 e. The number of nitrogens with zero attached hydrogens (tertiary/aromatic N) is 1. The van der Waals surface area contributed by atoms with Gasteiger partial charge in [0.25, 0.3) is 11.8 Å². The predicted octanol–water partition coefficient (Wildman–Crippen LogP) is 3.70. The van der Waals surface area contributed by atoms with Gasteiger partial charge in [0.15, 0.2) is 0 Å². The third-order valence-electron chi connectivity index (χ3n) is 3.91. The Kier molecular flexibility index (Phi) is 3.57. The Hall–Kier alpha value is -1.69. The summed E-state index contributed by atoms with van der Waals surface area (Å²) in [5.41, 5.74) is 4.29. The molecule has 2 aromatic carbocycles. The fraction of sp³-hybridized carbons (Fsp3) is 0.176. The van der Waals surface area contributed by atoms with Crippen molar-refractivity contribution in [2.75, 3.05) is 0 Å². The lowest BCUT2D eigenvalue weighted by Crippen LogP contribution is -2.29. The lowest BCUT2D eigenvalue weighted by Gasteiger charge is -2.17. The Morgan fingerprint density at radius 2 is 1.57 bits per heavy atom. The van der Waals surface area contributed by atoms with Crippen LogP contribution in [0.3, 0.4) is 0 Å². The molecule has 1 heterocycles. The van der Waals surface area contributed by atoms with E-state index in [-0.39, 0.29) is 11.8 Å². The molecule has 3 nitrogen and oxygen atoms in total. The highest BCUT2D eigenvalue weighted by Crippen LogP contribution is 2.29. The molecule has 2 aromatic rings. The zero-order valence-corrected chi connectivity index (χ0v) is 14.0. The van der Waals surface area contributed by atoms with E-state index in [9.17, 15) is 9.59 Å². The van der Waals surface area contributed by atoms with Crippen LogP contribution in [0, 0.1) is 17.4 Å². The molecule has 4 heteroatoms. The van der Waals surface area contributed by atoms with Crippen LogP contribution in [0.4, 0.5) is 0 Å². The van der Waals surface area contributed by atoms with Crippen LogP contribution < -0.4 is 0 Å². The Bertz CT molecular complexity index is 747. The fourth-order valence-corrected chi connectivity index (χ4v) is 3.42. The number of aryl methyl sites for hydroxylation is 2. The zero-order valence-electron chi connectivity index (χ0n) is 11.8. The average Bonchev–Trinajstić information content (AvgIpc) is 2.68. The van der Waals surface area contributed by atoms with Crippen LogP contribution in [0.15, 0.2) is 36.4 Å². The quantitative estimate of drug-likeness (QED) is 0.578. The minimum Gasteiger partial charge on any atom is -0.270 e. The Morgan fingerprint density at radius 3 is 2.19 bits per heavy atom. The van der Waals surface area contributed by atoms with Crippen molar-refractivity contribution in [3.8, 4) is 0 Å². The number of amides is 2. The fourth-order valence-electron chi connectivity index (χ4n) is 2.69. The van der Waals surface area contributed by atoms with Crippen molar-refractivity contribution in [2.45, 2.75) is 20.4 Å². The Balaban J connectivity index is 2.01. The molecule has 0 saturated heterocycles. The minimum atomic E-state index is -0.198. The molecular formula is C17H14INO2. The predicted molar refractivity (Wildman–Crippen MR) is 89.3 cm³/mol. The van der Waals surface area contributed by atoms with E-state index in [0.29, 0.717) is 17.7 Å². The first kappa shape index (κ1) is 14.3. The van der Waals surface area contributed by atoms with Crippen molar-refractivity contribution >= 4 is 34.4 Å². The number of carbonyl (C=O) groups excluding carboxylic acids is 2. The molecular weight excluding hydrogens is 377 g/mol. The number of fused-ring (bicyclic) bond motifs is 1. The van der Waals surface area contributed by atoms with Crippen molar-refractivity contribution < 1.29 is 9.59 Å².